The van der Waals surface area contributed by atoms with Gasteiger partial charge in [-0.15, -0.1) is 0 Å². The number of benzene rings is 1. The molecule has 0 bridgehead atoms. The Kier molecular flexibility index (Phi) is 19.9. The first-order chi connectivity index (χ1) is 19.2. The van der Waals surface area contributed by atoms with Gasteiger partial charge in [-0.3, -0.25) is 0 Å². The van der Waals surface area contributed by atoms with Crippen molar-refractivity contribution in [2.24, 2.45) is 45.8 Å². The largest absolute Gasteiger partial charge is 0.0630 e. The minimum absolute atomic E-state index is 0.500. The van der Waals surface area contributed by atoms with Gasteiger partial charge < -0.3 is 0 Å². The Morgan fingerprint density at radius 2 is 0.857 bits per heavy atom. The molecule has 4 rings (SSSR count). The van der Waals surface area contributed by atoms with E-state index in [0.717, 1.165) is 29.6 Å². The summed E-state index contributed by atoms with van der Waals surface area (Å²) in [6.07, 6.45) is 17.8. The number of hydrogen-bond donors (Lipinski definition) is 0. The van der Waals surface area contributed by atoms with E-state index in [9.17, 15) is 0 Å². The Balaban J connectivity index is 0.000000543. The third-order valence-electron chi connectivity index (χ3n) is 9.21. The first-order valence-electron chi connectivity index (χ1n) is 18.3. The molecular weight excluding hydrogens is 504 g/mol. The van der Waals surface area contributed by atoms with Crippen LogP contribution in [-0.2, 0) is 0 Å². The highest BCUT2D eigenvalue weighted by Crippen LogP contribution is 2.45. The van der Waals surface area contributed by atoms with Gasteiger partial charge in [0.1, 0.15) is 0 Å². The van der Waals surface area contributed by atoms with Crippen LogP contribution in [0.2, 0.25) is 0 Å². The zero-order valence-electron chi connectivity index (χ0n) is 31.8. The molecule has 248 valence electrons. The zero-order valence-corrected chi connectivity index (χ0v) is 31.8. The second-order valence-electron chi connectivity index (χ2n) is 18.7. The lowest BCUT2D eigenvalue weighted by Gasteiger charge is -2.40. The molecule has 0 aromatic heterocycles. The molecule has 0 heterocycles. The van der Waals surface area contributed by atoms with Gasteiger partial charge in [-0.25, -0.2) is 0 Å². The summed E-state index contributed by atoms with van der Waals surface area (Å²) in [6.45, 7) is 34.1. The van der Waals surface area contributed by atoms with E-state index in [1.165, 1.54) is 82.6 Å². The second kappa shape index (κ2) is 20.3. The van der Waals surface area contributed by atoms with E-state index in [2.05, 4.69) is 128 Å². The summed E-state index contributed by atoms with van der Waals surface area (Å²) < 4.78 is 0. The molecule has 0 atom stereocenters. The lowest BCUT2D eigenvalue weighted by Crippen LogP contribution is -2.28. The molecular formula is C42H80. The Morgan fingerprint density at radius 1 is 0.548 bits per heavy atom. The summed E-state index contributed by atoms with van der Waals surface area (Å²) in [4.78, 5) is 0. The molecule has 0 unspecified atom stereocenters. The predicted molar refractivity (Wildman–Crippen MR) is 194 cm³/mol. The fraction of sp³-hybridized carbons (Fsp3) is 0.857. The normalized spacial score (nSPS) is 24.0. The van der Waals surface area contributed by atoms with Crippen molar-refractivity contribution in [1.29, 1.82) is 0 Å². The average Bonchev–Trinajstić information content (AvgIpc) is 2.87. The van der Waals surface area contributed by atoms with E-state index in [0.29, 0.717) is 22.2 Å². The molecule has 42 heavy (non-hydrogen) atoms. The van der Waals surface area contributed by atoms with Crippen LogP contribution in [0.15, 0.2) is 30.3 Å². The van der Waals surface area contributed by atoms with E-state index >= 15 is 0 Å². The molecule has 0 nitrogen and oxygen atoms in total. The lowest BCUT2D eigenvalue weighted by atomic mass is 9.66. The molecule has 0 amide bonds. The van der Waals surface area contributed by atoms with Gasteiger partial charge in [0, 0.05) is 0 Å². The smallest absolute Gasteiger partial charge is 0.0219 e. The van der Waals surface area contributed by atoms with Crippen molar-refractivity contribution in [2.75, 3.05) is 0 Å². The maximum Gasteiger partial charge on any atom is -0.0219 e. The average molecular weight is 585 g/mol. The SMILES string of the molecule is CC(C)(C)C.CC(C)C.CC(C)c1ccccc1.CC1CCC(C)(C)CC1.CC1CCC(C2CCC(C)(C)CC2)CC1. The maximum atomic E-state index is 2.45. The van der Waals surface area contributed by atoms with Gasteiger partial charge in [-0.2, -0.15) is 0 Å². The van der Waals surface area contributed by atoms with Crippen LogP contribution in [0.25, 0.3) is 0 Å². The van der Waals surface area contributed by atoms with Crippen molar-refractivity contribution in [3.63, 3.8) is 0 Å². The summed E-state index contributed by atoms with van der Waals surface area (Å²) in [6, 6.07) is 10.5. The van der Waals surface area contributed by atoms with E-state index in [1.807, 2.05) is 6.07 Å². The van der Waals surface area contributed by atoms with Crippen LogP contribution < -0.4 is 0 Å². The third-order valence-corrected chi connectivity index (χ3v) is 9.21. The van der Waals surface area contributed by atoms with Gasteiger partial charge in [0.15, 0.2) is 0 Å². The molecule has 3 aliphatic rings. The first kappa shape index (κ1) is 41.2. The van der Waals surface area contributed by atoms with Crippen molar-refractivity contribution < 1.29 is 0 Å². The van der Waals surface area contributed by atoms with Gasteiger partial charge in [-0.1, -0.05) is 160 Å². The first-order valence-corrected chi connectivity index (χ1v) is 18.3. The van der Waals surface area contributed by atoms with Crippen LogP contribution in [0, 0.1) is 45.8 Å². The van der Waals surface area contributed by atoms with Crippen LogP contribution in [0.5, 0.6) is 0 Å². The van der Waals surface area contributed by atoms with E-state index < -0.39 is 0 Å². The Labute approximate surface area is 268 Å². The number of hydrogen-bond acceptors (Lipinski definition) is 0. The van der Waals surface area contributed by atoms with Crippen molar-refractivity contribution in [2.45, 2.75) is 187 Å². The molecule has 1 aromatic rings. The minimum atomic E-state index is 0.500. The van der Waals surface area contributed by atoms with Crippen LogP contribution >= 0.6 is 0 Å². The van der Waals surface area contributed by atoms with Crippen LogP contribution in [0.1, 0.15) is 192 Å². The molecule has 3 fully saturated rings. The molecule has 1 aromatic carbocycles. The molecule has 3 aliphatic carbocycles. The van der Waals surface area contributed by atoms with Gasteiger partial charge in [0.2, 0.25) is 0 Å². The molecule has 3 saturated carbocycles. The standard InChI is InChI=1S/C15H28.C9H18.C9H12.C5H12.C4H10/c1-12-4-6-13(7-5-12)14-8-10-15(2,3)11-9-14;1-8-4-6-9(2,3)7-5-8;1-8(2)9-6-4-3-5-7-9;1-5(2,3)4;1-4(2)3/h12-14H,4-11H2,1-3H3;8H,4-7H2,1-3H3;3-8H,1-2H3;1-4H3;4H,1-3H3. The molecule has 0 N–H and O–H groups in total. The highest BCUT2D eigenvalue weighted by atomic mass is 14.4. The Hall–Kier alpha value is -0.780. The summed E-state index contributed by atoms with van der Waals surface area (Å²) in [7, 11) is 0. The van der Waals surface area contributed by atoms with Gasteiger partial charge in [-0.05, 0) is 109 Å². The zero-order chi connectivity index (χ0) is 32.6. The monoisotopic (exact) mass is 585 g/mol. The third kappa shape index (κ3) is 23.6. The van der Waals surface area contributed by atoms with Crippen LogP contribution in [0.3, 0.4) is 0 Å². The summed E-state index contributed by atoms with van der Waals surface area (Å²) in [5, 5.41) is 0. The van der Waals surface area contributed by atoms with Crippen molar-refractivity contribution >= 4 is 0 Å². The Bertz CT molecular complexity index is 722. The van der Waals surface area contributed by atoms with Gasteiger partial charge in [0.05, 0.1) is 0 Å². The fourth-order valence-corrected chi connectivity index (χ4v) is 6.03. The molecule has 0 aliphatic heterocycles. The molecule has 0 spiro atoms. The second-order valence-corrected chi connectivity index (χ2v) is 18.7. The van der Waals surface area contributed by atoms with Crippen LogP contribution in [-0.4, -0.2) is 0 Å². The van der Waals surface area contributed by atoms with Crippen molar-refractivity contribution in [3.05, 3.63) is 35.9 Å². The van der Waals surface area contributed by atoms with Crippen molar-refractivity contribution in [3.8, 4) is 0 Å². The molecule has 0 heteroatoms. The van der Waals surface area contributed by atoms with Crippen molar-refractivity contribution in [1.82, 2.24) is 0 Å². The quantitative estimate of drug-likeness (QED) is 0.324. The van der Waals surface area contributed by atoms with E-state index in [-0.39, 0.29) is 0 Å². The summed E-state index contributed by atoms with van der Waals surface area (Å²) >= 11 is 0. The van der Waals surface area contributed by atoms with Gasteiger partial charge in [0.25, 0.3) is 0 Å². The van der Waals surface area contributed by atoms with E-state index in [4.69, 9.17) is 0 Å². The molecule has 0 saturated heterocycles. The highest BCUT2D eigenvalue weighted by molar-refractivity contribution is 5.17. The fourth-order valence-electron chi connectivity index (χ4n) is 6.03. The lowest BCUT2D eigenvalue weighted by molar-refractivity contribution is 0.117. The predicted octanol–water partition coefficient (Wildman–Crippen LogP) is 14.8. The topological polar surface area (TPSA) is 0 Å². The minimum Gasteiger partial charge on any atom is -0.0630 e. The summed E-state index contributed by atoms with van der Waals surface area (Å²) in [5.74, 6) is 5.69. The maximum absolute atomic E-state index is 2.45. The molecule has 0 radical (unpaired) electrons. The highest BCUT2D eigenvalue weighted by Gasteiger charge is 2.32. The van der Waals surface area contributed by atoms with Crippen LogP contribution in [0.4, 0.5) is 0 Å². The van der Waals surface area contributed by atoms with E-state index in [1.54, 1.807) is 0 Å². The Morgan fingerprint density at radius 3 is 1.17 bits per heavy atom. The van der Waals surface area contributed by atoms with Gasteiger partial charge >= 0.3 is 0 Å². The number of rotatable bonds is 2. The summed E-state index contributed by atoms with van der Waals surface area (Å²) in [5.41, 5.74) is 3.22.